The van der Waals surface area contributed by atoms with Gasteiger partial charge in [-0.25, -0.2) is 9.97 Å². The molecule has 0 saturated heterocycles. The Morgan fingerprint density at radius 2 is 2.03 bits per heavy atom. The molecule has 0 radical (unpaired) electrons. The average molecular weight is 446 g/mol. The van der Waals surface area contributed by atoms with Gasteiger partial charge in [-0.15, -0.1) is 0 Å². The van der Waals surface area contributed by atoms with Crippen LogP contribution in [-0.2, 0) is 6.54 Å². The van der Waals surface area contributed by atoms with Crippen molar-refractivity contribution in [2.75, 3.05) is 7.05 Å². The predicted molar refractivity (Wildman–Crippen MR) is 126 cm³/mol. The lowest BCUT2D eigenvalue weighted by Gasteiger charge is -2.09. The van der Waals surface area contributed by atoms with Gasteiger partial charge in [0.25, 0.3) is 11.8 Å². The highest BCUT2D eigenvalue weighted by molar-refractivity contribution is 6.03. The number of rotatable bonds is 8. The molecule has 0 unspecified atom stereocenters. The Balaban J connectivity index is 1.45. The van der Waals surface area contributed by atoms with Crippen LogP contribution in [0.25, 0.3) is 11.0 Å². The minimum atomic E-state index is -0.337. The summed E-state index contributed by atoms with van der Waals surface area (Å²) in [5.41, 5.74) is 3.25. The normalized spacial score (nSPS) is 14.3. The van der Waals surface area contributed by atoms with E-state index in [1.165, 1.54) is 19.0 Å². The van der Waals surface area contributed by atoms with Crippen LogP contribution in [-0.4, -0.2) is 40.0 Å². The van der Waals surface area contributed by atoms with Crippen molar-refractivity contribution in [1.82, 2.24) is 30.9 Å². The fraction of sp³-hybridized carbons (Fsp3) is 0.292. The molecule has 0 spiro atoms. The number of nitrogens with one attached hydrogen (secondary N) is 5. The van der Waals surface area contributed by atoms with Gasteiger partial charge in [0.15, 0.2) is 5.69 Å². The standard InChI is InChI=1S/C24H27N7O2/c1-26-14-18(12-25)29-23(32)17-8-4-5-15(11-17)13-28-24(33)21-20-19(9-10-27-21)30-22(31-20)16-6-2-3-7-16/h4-5,8-12,14,16,25-26H,2-3,6-7,13H2,1H3,(H,28,33)(H,29,32)(H,30,31)/b18-14+,25-12?. The number of imidazole rings is 1. The van der Waals surface area contributed by atoms with E-state index in [-0.39, 0.29) is 18.4 Å². The van der Waals surface area contributed by atoms with E-state index in [1.54, 1.807) is 31.4 Å². The molecule has 0 aliphatic heterocycles. The number of pyridine rings is 1. The van der Waals surface area contributed by atoms with Gasteiger partial charge < -0.3 is 26.3 Å². The zero-order chi connectivity index (χ0) is 23.2. The summed E-state index contributed by atoms with van der Waals surface area (Å²) in [5.74, 6) is 0.704. The molecule has 0 atom stereocenters. The molecule has 9 heteroatoms. The third-order valence-corrected chi connectivity index (χ3v) is 5.74. The molecule has 1 aliphatic carbocycles. The minimum absolute atomic E-state index is 0.241. The Labute approximate surface area is 191 Å². The zero-order valence-electron chi connectivity index (χ0n) is 18.4. The summed E-state index contributed by atoms with van der Waals surface area (Å²) in [7, 11) is 1.69. The lowest BCUT2D eigenvalue weighted by molar-refractivity contribution is 0.0946. The number of carbonyl (C=O) groups is 2. The van der Waals surface area contributed by atoms with E-state index in [9.17, 15) is 9.59 Å². The highest BCUT2D eigenvalue weighted by Crippen LogP contribution is 2.33. The second kappa shape index (κ2) is 10.1. The first-order chi connectivity index (χ1) is 16.1. The smallest absolute Gasteiger partial charge is 0.272 e. The third kappa shape index (κ3) is 5.08. The summed E-state index contributed by atoms with van der Waals surface area (Å²) in [6.45, 7) is 0.241. The van der Waals surface area contributed by atoms with Gasteiger partial charge >= 0.3 is 0 Å². The molecule has 1 fully saturated rings. The number of H-pyrrole nitrogens is 1. The fourth-order valence-electron chi connectivity index (χ4n) is 4.08. The van der Waals surface area contributed by atoms with Crippen molar-refractivity contribution in [3.05, 3.63) is 71.1 Å². The van der Waals surface area contributed by atoms with E-state index in [0.717, 1.165) is 36.0 Å². The summed E-state index contributed by atoms with van der Waals surface area (Å²) in [6.07, 6.45) is 8.82. The molecule has 9 nitrogen and oxygen atoms in total. The molecule has 170 valence electrons. The maximum atomic E-state index is 12.9. The number of carbonyl (C=O) groups excluding carboxylic acids is 2. The van der Waals surface area contributed by atoms with Crippen LogP contribution in [0.5, 0.6) is 0 Å². The van der Waals surface area contributed by atoms with Gasteiger partial charge in [0.1, 0.15) is 5.82 Å². The van der Waals surface area contributed by atoms with E-state index in [1.807, 2.05) is 12.1 Å². The third-order valence-electron chi connectivity index (χ3n) is 5.74. The molecular weight excluding hydrogens is 418 g/mol. The molecule has 2 aromatic heterocycles. The Morgan fingerprint density at radius 3 is 2.79 bits per heavy atom. The number of amides is 2. The quantitative estimate of drug-likeness (QED) is 0.340. The van der Waals surface area contributed by atoms with Gasteiger partial charge in [-0.05, 0) is 36.6 Å². The number of aromatic amines is 1. The highest BCUT2D eigenvalue weighted by Gasteiger charge is 2.22. The number of aromatic nitrogens is 3. The van der Waals surface area contributed by atoms with Crippen LogP contribution in [0.3, 0.4) is 0 Å². The van der Waals surface area contributed by atoms with Gasteiger partial charge in [0.05, 0.1) is 16.7 Å². The molecule has 5 N–H and O–H groups in total. The maximum Gasteiger partial charge on any atom is 0.272 e. The van der Waals surface area contributed by atoms with Crippen molar-refractivity contribution in [1.29, 1.82) is 5.41 Å². The van der Waals surface area contributed by atoms with Crippen LogP contribution >= 0.6 is 0 Å². The molecule has 1 aromatic carbocycles. The number of hydrogen-bond donors (Lipinski definition) is 5. The van der Waals surface area contributed by atoms with E-state index in [0.29, 0.717) is 28.4 Å². The molecule has 4 rings (SSSR count). The van der Waals surface area contributed by atoms with E-state index >= 15 is 0 Å². The largest absolute Gasteiger partial charge is 0.392 e. The molecule has 2 amide bonds. The van der Waals surface area contributed by atoms with Gasteiger partial charge in [-0.3, -0.25) is 9.59 Å². The van der Waals surface area contributed by atoms with Crippen LogP contribution < -0.4 is 16.0 Å². The van der Waals surface area contributed by atoms with Crippen LogP contribution in [0.1, 0.15) is 63.8 Å². The second-order valence-corrected chi connectivity index (χ2v) is 8.03. The van der Waals surface area contributed by atoms with Crippen molar-refractivity contribution in [3.8, 4) is 0 Å². The van der Waals surface area contributed by atoms with Crippen LogP contribution in [0.4, 0.5) is 0 Å². The summed E-state index contributed by atoms with van der Waals surface area (Å²) in [4.78, 5) is 37.7. The van der Waals surface area contributed by atoms with E-state index in [4.69, 9.17) is 5.41 Å². The Kier molecular flexibility index (Phi) is 6.77. The number of nitrogens with zero attached hydrogens (tertiary/aromatic N) is 2. The van der Waals surface area contributed by atoms with E-state index in [2.05, 4.69) is 30.9 Å². The summed E-state index contributed by atoms with van der Waals surface area (Å²) >= 11 is 0. The predicted octanol–water partition coefficient (Wildman–Crippen LogP) is 2.99. The lowest BCUT2D eigenvalue weighted by Crippen LogP contribution is -2.26. The van der Waals surface area contributed by atoms with Gasteiger partial charge in [0.2, 0.25) is 0 Å². The van der Waals surface area contributed by atoms with Crippen molar-refractivity contribution in [3.63, 3.8) is 0 Å². The first-order valence-corrected chi connectivity index (χ1v) is 11.0. The van der Waals surface area contributed by atoms with Crippen molar-refractivity contribution in [2.45, 2.75) is 38.1 Å². The van der Waals surface area contributed by atoms with Crippen LogP contribution in [0.2, 0.25) is 0 Å². The molecule has 1 aliphatic rings. The molecular formula is C24H27N7O2. The fourth-order valence-corrected chi connectivity index (χ4v) is 4.08. The molecule has 3 aromatic rings. The highest BCUT2D eigenvalue weighted by atomic mass is 16.2. The van der Waals surface area contributed by atoms with Crippen molar-refractivity contribution >= 4 is 29.1 Å². The lowest BCUT2D eigenvalue weighted by atomic mass is 10.1. The second-order valence-electron chi connectivity index (χ2n) is 8.03. The number of hydrogen-bond acceptors (Lipinski definition) is 6. The minimum Gasteiger partial charge on any atom is -0.392 e. The van der Waals surface area contributed by atoms with Gasteiger partial charge in [-0.2, -0.15) is 0 Å². The van der Waals surface area contributed by atoms with E-state index < -0.39 is 0 Å². The number of fused-ring (bicyclic) bond motifs is 1. The summed E-state index contributed by atoms with van der Waals surface area (Å²) < 4.78 is 0. The number of allylic oxidation sites excluding steroid dienone is 1. The first-order valence-electron chi connectivity index (χ1n) is 11.0. The molecule has 2 heterocycles. The van der Waals surface area contributed by atoms with Crippen LogP contribution in [0.15, 0.2) is 48.4 Å². The van der Waals surface area contributed by atoms with Crippen molar-refractivity contribution in [2.24, 2.45) is 0 Å². The van der Waals surface area contributed by atoms with Gasteiger partial charge in [-0.1, -0.05) is 25.0 Å². The topological polar surface area (TPSA) is 136 Å². The Bertz CT molecular complexity index is 1210. The molecule has 0 bridgehead atoms. The molecule has 1 saturated carbocycles. The Morgan fingerprint density at radius 1 is 1.21 bits per heavy atom. The maximum absolute atomic E-state index is 12.9. The Hall–Kier alpha value is -4.01. The van der Waals surface area contributed by atoms with Crippen molar-refractivity contribution < 1.29 is 9.59 Å². The zero-order valence-corrected chi connectivity index (χ0v) is 18.4. The van der Waals surface area contributed by atoms with Crippen LogP contribution in [0, 0.1) is 5.41 Å². The molecule has 33 heavy (non-hydrogen) atoms. The summed E-state index contributed by atoms with van der Waals surface area (Å²) in [5, 5.41) is 15.7. The average Bonchev–Trinajstić information content (AvgIpc) is 3.52. The number of benzene rings is 1. The summed E-state index contributed by atoms with van der Waals surface area (Å²) in [6, 6.07) is 8.79. The van der Waals surface area contributed by atoms with Gasteiger partial charge in [0, 0.05) is 43.7 Å². The monoisotopic (exact) mass is 445 g/mol. The first kappa shape index (κ1) is 22.2. The SMILES string of the molecule is CN/C=C(\C=N)NC(=O)c1cccc(CNC(=O)c2nccc3nc(C4CCCC4)[nH]c23)c1.